The largest absolute Gasteiger partial charge is 0.370 e. The number of hydrogen-bond donors (Lipinski definition) is 1. The molecule has 0 radical (unpaired) electrons. The number of rotatable bonds is 5. The summed E-state index contributed by atoms with van der Waals surface area (Å²) in [5.74, 6) is 0.824. The predicted octanol–water partition coefficient (Wildman–Crippen LogP) is 2.38. The number of nitrogens with zero attached hydrogens (tertiary/aromatic N) is 2. The normalized spacial score (nSPS) is 10.4. The first-order valence-corrected chi connectivity index (χ1v) is 6.03. The zero-order valence-electron chi connectivity index (χ0n) is 11.0. The van der Waals surface area contributed by atoms with E-state index in [2.05, 4.69) is 17.2 Å². The van der Waals surface area contributed by atoms with Crippen molar-refractivity contribution >= 4 is 11.7 Å². The van der Waals surface area contributed by atoms with Gasteiger partial charge in [0.1, 0.15) is 5.82 Å². The standard InChI is InChI=1S/C13H21N3O/c1-5-8-14-12-7-6-11(9-15-12)13(17)16(4)10(2)3/h6-7,9-10H,5,8H2,1-4H3,(H,14,15). The molecule has 1 aromatic rings. The van der Waals surface area contributed by atoms with Crippen molar-refractivity contribution in [2.24, 2.45) is 0 Å². The Kier molecular flexibility index (Phi) is 4.94. The summed E-state index contributed by atoms with van der Waals surface area (Å²) in [7, 11) is 1.80. The molecule has 94 valence electrons. The zero-order chi connectivity index (χ0) is 12.8. The third-order valence-electron chi connectivity index (χ3n) is 2.66. The van der Waals surface area contributed by atoms with Crippen molar-refractivity contribution in [3.63, 3.8) is 0 Å². The van der Waals surface area contributed by atoms with Crippen molar-refractivity contribution in [3.05, 3.63) is 23.9 Å². The number of hydrogen-bond acceptors (Lipinski definition) is 3. The third kappa shape index (κ3) is 3.73. The van der Waals surface area contributed by atoms with Gasteiger partial charge in [-0.2, -0.15) is 0 Å². The smallest absolute Gasteiger partial charge is 0.255 e. The zero-order valence-corrected chi connectivity index (χ0v) is 11.0. The molecule has 1 heterocycles. The van der Waals surface area contributed by atoms with Crippen LogP contribution in [0.25, 0.3) is 0 Å². The summed E-state index contributed by atoms with van der Waals surface area (Å²) in [6, 6.07) is 3.85. The summed E-state index contributed by atoms with van der Waals surface area (Å²) in [6.07, 6.45) is 2.68. The lowest BCUT2D eigenvalue weighted by atomic mass is 10.2. The molecule has 4 nitrogen and oxygen atoms in total. The first-order chi connectivity index (χ1) is 8.06. The summed E-state index contributed by atoms with van der Waals surface area (Å²) in [4.78, 5) is 17.9. The van der Waals surface area contributed by atoms with Crippen LogP contribution < -0.4 is 5.32 Å². The highest BCUT2D eigenvalue weighted by Crippen LogP contribution is 2.08. The van der Waals surface area contributed by atoms with E-state index in [4.69, 9.17) is 0 Å². The maximum atomic E-state index is 12.0. The van der Waals surface area contributed by atoms with Crippen LogP contribution >= 0.6 is 0 Å². The van der Waals surface area contributed by atoms with E-state index in [1.807, 2.05) is 26.0 Å². The Balaban J connectivity index is 2.70. The van der Waals surface area contributed by atoms with Crippen LogP contribution in [0, 0.1) is 0 Å². The van der Waals surface area contributed by atoms with Crippen LogP contribution in [0.3, 0.4) is 0 Å². The van der Waals surface area contributed by atoms with E-state index in [-0.39, 0.29) is 11.9 Å². The number of nitrogens with one attached hydrogen (secondary N) is 1. The molecule has 0 saturated heterocycles. The Bertz CT molecular complexity index is 359. The van der Waals surface area contributed by atoms with Crippen LogP contribution in [0.15, 0.2) is 18.3 Å². The highest BCUT2D eigenvalue weighted by atomic mass is 16.2. The van der Waals surface area contributed by atoms with E-state index in [0.717, 1.165) is 18.8 Å². The van der Waals surface area contributed by atoms with Crippen LogP contribution in [0.5, 0.6) is 0 Å². The van der Waals surface area contributed by atoms with Gasteiger partial charge >= 0.3 is 0 Å². The Morgan fingerprint density at radius 1 is 1.47 bits per heavy atom. The van der Waals surface area contributed by atoms with Crippen LogP contribution in [0.4, 0.5) is 5.82 Å². The van der Waals surface area contributed by atoms with Gasteiger partial charge in [0, 0.05) is 25.8 Å². The molecule has 1 amide bonds. The molecule has 1 N–H and O–H groups in total. The van der Waals surface area contributed by atoms with Crippen molar-refractivity contribution < 1.29 is 4.79 Å². The van der Waals surface area contributed by atoms with E-state index in [0.29, 0.717) is 5.56 Å². The Labute approximate surface area is 103 Å². The molecule has 1 rings (SSSR count). The maximum Gasteiger partial charge on any atom is 0.255 e. The van der Waals surface area contributed by atoms with Crippen molar-refractivity contribution in [1.82, 2.24) is 9.88 Å². The van der Waals surface area contributed by atoms with E-state index in [1.165, 1.54) is 0 Å². The number of pyridine rings is 1. The quantitative estimate of drug-likeness (QED) is 0.852. The summed E-state index contributed by atoms with van der Waals surface area (Å²) in [5, 5.41) is 3.18. The average molecular weight is 235 g/mol. The van der Waals surface area contributed by atoms with Gasteiger partial charge in [-0.3, -0.25) is 4.79 Å². The fourth-order valence-electron chi connectivity index (χ4n) is 1.32. The van der Waals surface area contributed by atoms with Gasteiger partial charge in [-0.05, 0) is 32.4 Å². The lowest BCUT2D eigenvalue weighted by molar-refractivity contribution is 0.0754. The van der Waals surface area contributed by atoms with Crippen LogP contribution in [0.2, 0.25) is 0 Å². The topological polar surface area (TPSA) is 45.2 Å². The molecule has 0 aliphatic rings. The van der Waals surface area contributed by atoms with Crippen LogP contribution in [0.1, 0.15) is 37.6 Å². The number of carbonyl (C=O) groups is 1. The molecule has 0 aliphatic heterocycles. The van der Waals surface area contributed by atoms with E-state index in [9.17, 15) is 4.79 Å². The number of anilines is 1. The molecule has 0 aliphatic carbocycles. The van der Waals surface area contributed by atoms with Gasteiger partial charge in [-0.25, -0.2) is 4.98 Å². The fourth-order valence-corrected chi connectivity index (χ4v) is 1.32. The lowest BCUT2D eigenvalue weighted by Crippen LogP contribution is -2.33. The van der Waals surface area contributed by atoms with Crippen molar-refractivity contribution in [1.29, 1.82) is 0 Å². The second kappa shape index (κ2) is 6.23. The lowest BCUT2D eigenvalue weighted by Gasteiger charge is -2.21. The van der Waals surface area contributed by atoms with Gasteiger partial charge in [0.2, 0.25) is 0 Å². The number of aromatic nitrogens is 1. The molecule has 0 atom stereocenters. The van der Waals surface area contributed by atoms with E-state index in [1.54, 1.807) is 18.1 Å². The van der Waals surface area contributed by atoms with Gasteiger partial charge in [0.15, 0.2) is 0 Å². The number of amides is 1. The molecular weight excluding hydrogens is 214 g/mol. The molecule has 0 aromatic carbocycles. The van der Waals surface area contributed by atoms with E-state index >= 15 is 0 Å². The van der Waals surface area contributed by atoms with Gasteiger partial charge < -0.3 is 10.2 Å². The Hall–Kier alpha value is -1.58. The molecule has 0 saturated carbocycles. The molecule has 17 heavy (non-hydrogen) atoms. The summed E-state index contributed by atoms with van der Waals surface area (Å²) in [5.41, 5.74) is 0.628. The number of carbonyl (C=O) groups excluding carboxylic acids is 1. The van der Waals surface area contributed by atoms with Gasteiger partial charge in [0.25, 0.3) is 5.91 Å². The first-order valence-electron chi connectivity index (χ1n) is 6.03. The van der Waals surface area contributed by atoms with Crippen LogP contribution in [-0.4, -0.2) is 35.4 Å². The van der Waals surface area contributed by atoms with E-state index < -0.39 is 0 Å². The average Bonchev–Trinajstić information content (AvgIpc) is 2.35. The molecule has 1 aromatic heterocycles. The molecule has 0 fully saturated rings. The highest BCUT2D eigenvalue weighted by molar-refractivity contribution is 5.94. The first kappa shape index (κ1) is 13.5. The minimum absolute atomic E-state index is 0.00883. The second-order valence-corrected chi connectivity index (χ2v) is 4.37. The van der Waals surface area contributed by atoms with Gasteiger partial charge in [0.05, 0.1) is 5.56 Å². The highest BCUT2D eigenvalue weighted by Gasteiger charge is 2.14. The summed E-state index contributed by atoms with van der Waals surface area (Å²) in [6.45, 7) is 6.97. The fraction of sp³-hybridized carbons (Fsp3) is 0.538. The maximum absolute atomic E-state index is 12.0. The van der Waals surface area contributed by atoms with Gasteiger partial charge in [-0.15, -0.1) is 0 Å². The molecule has 0 bridgehead atoms. The molecular formula is C13H21N3O. The summed E-state index contributed by atoms with van der Waals surface area (Å²) >= 11 is 0. The van der Waals surface area contributed by atoms with Crippen molar-refractivity contribution in [3.8, 4) is 0 Å². The monoisotopic (exact) mass is 235 g/mol. The third-order valence-corrected chi connectivity index (χ3v) is 2.66. The van der Waals surface area contributed by atoms with Crippen molar-refractivity contribution in [2.45, 2.75) is 33.2 Å². The van der Waals surface area contributed by atoms with Crippen molar-refractivity contribution in [2.75, 3.05) is 18.9 Å². The Morgan fingerprint density at radius 3 is 2.65 bits per heavy atom. The molecule has 4 heteroatoms. The predicted molar refractivity (Wildman–Crippen MR) is 70.2 cm³/mol. The van der Waals surface area contributed by atoms with Crippen LogP contribution in [-0.2, 0) is 0 Å². The molecule has 0 spiro atoms. The van der Waals surface area contributed by atoms with Gasteiger partial charge in [-0.1, -0.05) is 6.92 Å². The minimum atomic E-state index is 0.00883. The minimum Gasteiger partial charge on any atom is -0.370 e. The summed E-state index contributed by atoms with van der Waals surface area (Å²) < 4.78 is 0. The molecule has 0 unspecified atom stereocenters. The SMILES string of the molecule is CCCNc1ccc(C(=O)N(C)C(C)C)cn1. The second-order valence-electron chi connectivity index (χ2n) is 4.37. The Morgan fingerprint density at radius 2 is 2.18 bits per heavy atom.